The molecule has 1 heterocycles. The van der Waals surface area contributed by atoms with Crippen LogP contribution < -0.4 is 5.32 Å². The molecule has 1 unspecified atom stereocenters. The molecule has 0 saturated carbocycles. The molecule has 4 heteroatoms. The molecule has 0 amide bonds. The highest BCUT2D eigenvalue weighted by Crippen LogP contribution is 2.18. The predicted molar refractivity (Wildman–Crippen MR) is 69.4 cm³/mol. The third-order valence-corrected chi connectivity index (χ3v) is 3.71. The number of benzene rings is 1. The Morgan fingerprint density at radius 3 is 3.00 bits per heavy atom. The van der Waals surface area contributed by atoms with E-state index < -0.39 is 0 Å². The third kappa shape index (κ3) is 4.05. The van der Waals surface area contributed by atoms with Gasteiger partial charge in [0, 0.05) is 24.2 Å². The average Bonchev–Trinajstić information content (AvgIpc) is 2.33. The normalized spacial score (nSPS) is 20.5. The van der Waals surface area contributed by atoms with Crippen LogP contribution >= 0.6 is 15.9 Å². The summed E-state index contributed by atoms with van der Waals surface area (Å²) in [5.41, 5.74) is 1.07. The van der Waals surface area contributed by atoms with Gasteiger partial charge in [-0.3, -0.25) is 0 Å². The van der Waals surface area contributed by atoms with Crippen molar-refractivity contribution in [3.63, 3.8) is 0 Å². The molecular formula is C13H17BrFNO. The second-order valence-electron chi connectivity index (χ2n) is 4.36. The van der Waals surface area contributed by atoms with Gasteiger partial charge in [-0.2, -0.15) is 0 Å². The molecule has 94 valence electrons. The number of ether oxygens (including phenoxy) is 1. The quantitative estimate of drug-likeness (QED) is 0.922. The molecule has 1 fully saturated rings. The number of rotatable bonds is 4. The molecule has 0 bridgehead atoms. The van der Waals surface area contributed by atoms with Gasteiger partial charge in [-0.25, -0.2) is 4.39 Å². The SMILES string of the molecule is Fc1ccc(CNCC2CCCCO2)c(Br)c1. The van der Waals surface area contributed by atoms with E-state index in [4.69, 9.17) is 4.74 Å². The van der Waals surface area contributed by atoms with Crippen molar-refractivity contribution in [1.29, 1.82) is 0 Å². The van der Waals surface area contributed by atoms with Crippen LogP contribution in [0.4, 0.5) is 4.39 Å². The largest absolute Gasteiger partial charge is 0.377 e. The van der Waals surface area contributed by atoms with E-state index in [1.807, 2.05) is 0 Å². The summed E-state index contributed by atoms with van der Waals surface area (Å²) in [7, 11) is 0. The van der Waals surface area contributed by atoms with Crippen LogP contribution in [0.2, 0.25) is 0 Å². The second kappa shape index (κ2) is 6.47. The molecule has 1 saturated heterocycles. The van der Waals surface area contributed by atoms with Crippen molar-refractivity contribution in [2.75, 3.05) is 13.2 Å². The van der Waals surface area contributed by atoms with Crippen molar-refractivity contribution in [2.24, 2.45) is 0 Å². The van der Waals surface area contributed by atoms with Gasteiger partial charge in [0.25, 0.3) is 0 Å². The van der Waals surface area contributed by atoms with Crippen LogP contribution in [0.25, 0.3) is 0 Å². The zero-order valence-corrected chi connectivity index (χ0v) is 11.3. The monoisotopic (exact) mass is 301 g/mol. The first kappa shape index (κ1) is 13.0. The standard InChI is InChI=1S/C13H17BrFNO/c14-13-7-11(15)5-4-10(13)8-16-9-12-3-1-2-6-17-12/h4-5,7,12,16H,1-3,6,8-9H2. The Hall–Kier alpha value is -0.450. The van der Waals surface area contributed by atoms with Gasteiger partial charge in [-0.05, 0) is 37.0 Å². The maximum Gasteiger partial charge on any atom is 0.124 e. The van der Waals surface area contributed by atoms with Crippen molar-refractivity contribution < 1.29 is 9.13 Å². The molecule has 2 rings (SSSR count). The molecular weight excluding hydrogens is 285 g/mol. The van der Waals surface area contributed by atoms with E-state index in [-0.39, 0.29) is 5.82 Å². The van der Waals surface area contributed by atoms with Gasteiger partial charge in [0.15, 0.2) is 0 Å². The minimum Gasteiger partial charge on any atom is -0.377 e. The Labute approximate surface area is 110 Å². The molecule has 1 aromatic rings. The molecule has 0 radical (unpaired) electrons. The van der Waals surface area contributed by atoms with E-state index in [0.717, 1.165) is 36.2 Å². The van der Waals surface area contributed by atoms with Crippen LogP contribution in [-0.4, -0.2) is 19.3 Å². The van der Waals surface area contributed by atoms with Crippen LogP contribution in [-0.2, 0) is 11.3 Å². The lowest BCUT2D eigenvalue weighted by Crippen LogP contribution is -2.31. The summed E-state index contributed by atoms with van der Waals surface area (Å²) in [6.45, 7) is 2.48. The summed E-state index contributed by atoms with van der Waals surface area (Å²) < 4.78 is 19.3. The summed E-state index contributed by atoms with van der Waals surface area (Å²) in [5, 5.41) is 3.35. The Bertz CT molecular complexity index is 366. The summed E-state index contributed by atoms with van der Waals surface area (Å²) in [4.78, 5) is 0. The lowest BCUT2D eigenvalue weighted by Gasteiger charge is -2.22. The fraction of sp³-hybridized carbons (Fsp3) is 0.538. The number of hydrogen-bond acceptors (Lipinski definition) is 2. The highest BCUT2D eigenvalue weighted by molar-refractivity contribution is 9.10. The molecule has 17 heavy (non-hydrogen) atoms. The van der Waals surface area contributed by atoms with Crippen molar-refractivity contribution in [3.05, 3.63) is 34.1 Å². The molecule has 1 aliphatic heterocycles. The number of hydrogen-bond donors (Lipinski definition) is 1. The van der Waals surface area contributed by atoms with Gasteiger partial charge < -0.3 is 10.1 Å². The van der Waals surface area contributed by atoms with Crippen molar-refractivity contribution in [2.45, 2.75) is 31.9 Å². The van der Waals surface area contributed by atoms with Crippen molar-refractivity contribution in [3.8, 4) is 0 Å². The van der Waals surface area contributed by atoms with E-state index in [2.05, 4.69) is 21.2 Å². The van der Waals surface area contributed by atoms with Crippen LogP contribution in [0.5, 0.6) is 0 Å². The van der Waals surface area contributed by atoms with Gasteiger partial charge in [0.05, 0.1) is 6.10 Å². The smallest absolute Gasteiger partial charge is 0.124 e. The Morgan fingerprint density at radius 2 is 2.29 bits per heavy atom. The minimum absolute atomic E-state index is 0.212. The average molecular weight is 302 g/mol. The molecule has 0 aromatic heterocycles. The van der Waals surface area contributed by atoms with Crippen molar-refractivity contribution >= 4 is 15.9 Å². The molecule has 1 atom stereocenters. The lowest BCUT2D eigenvalue weighted by atomic mass is 10.1. The van der Waals surface area contributed by atoms with Gasteiger partial charge in [0.1, 0.15) is 5.82 Å². The van der Waals surface area contributed by atoms with Crippen LogP contribution in [0, 0.1) is 5.82 Å². The zero-order valence-electron chi connectivity index (χ0n) is 9.72. The molecule has 0 aliphatic carbocycles. The van der Waals surface area contributed by atoms with Crippen LogP contribution in [0.1, 0.15) is 24.8 Å². The Balaban J connectivity index is 1.77. The molecule has 2 nitrogen and oxygen atoms in total. The Morgan fingerprint density at radius 1 is 1.41 bits per heavy atom. The second-order valence-corrected chi connectivity index (χ2v) is 5.21. The van der Waals surface area contributed by atoms with Crippen LogP contribution in [0.15, 0.2) is 22.7 Å². The zero-order chi connectivity index (χ0) is 12.1. The van der Waals surface area contributed by atoms with E-state index in [0.29, 0.717) is 6.10 Å². The number of nitrogens with one attached hydrogen (secondary N) is 1. The van der Waals surface area contributed by atoms with E-state index in [1.165, 1.54) is 25.0 Å². The molecule has 1 aliphatic rings. The highest BCUT2D eigenvalue weighted by Gasteiger charge is 2.13. The first-order valence-electron chi connectivity index (χ1n) is 6.02. The first-order valence-corrected chi connectivity index (χ1v) is 6.81. The topological polar surface area (TPSA) is 21.3 Å². The molecule has 1 aromatic carbocycles. The molecule has 1 N–H and O–H groups in total. The lowest BCUT2D eigenvalue weighted by molar-refractivity contribution is 0.0168. The number of halogens is 2. The molecule has 0 spiro atoms. The fourth-order valence-corrected chi connectivity index (χ4v) is 2.49. The maximum atomic E-state index is 12.9. The van der Waals surface area contributed by atoms with Gasteiger partial charge >= 0.3 is 0 Å². The van der Waals surface area contributed by atoms with E-state index in [9.17, 15) is 4.39 Å². The Kier molecular flexibility index (Phi) is 4.95. The summed E-state index contributed by atoms with van der Waals surface area (Å²) >= 11 is 3.36. The predicted octanol–water partition coefficient (Wildman–Crippen LogP) is 3.25. The first-order chi connectivity index (χ1) is 8.25. The van der Waals surface area contributed by atoms with Crippen LogP contribution in [0.3, 0.4) is 0 Å². The summed E-state index contributed by atoms with van der Waals surface area (Å²) in [5.74, 6) is -0.212. The van der Waals surface area contributed by atoms with Gasteiger partial charge in [-0.1, -0.05) is 22.0 Å². The van der Waals surface area contributed by atoms with E-state index >= 15 is 0 Å². The van der Waals surface area contributed by atoms with Gasteiger partial charge in [-0.15, -0.1) is 0 Å². The summed E-state index contributed by atoms with van der Waals surface area (Å²) in [6, 6.07) is 4.78. The van der Waals surface area contributed by atoms with Crippen molar-refractivity contribution in [1.82, 2.24) is 5.32 Å². The van der Waals surface area contributed by atoms with E-state index in [1.54, 1.807) is 6.07 Å². The maximum absolute atomic E-state index is 12.9. The third-order valence-electron chi connectivity index (χ3n) is 2.98. The van der Waals surface area contributed by atoms with Gasteiger partial charge in [0.2, 0.25) is 0 Å². The minimum atomic E-state index is -0.212. The fourth-order valence-electron chi connectivity index (χ4n) is 2.00. The summed E-state index contributed by atoms with van der Waals surface area (Å²) in [6.07, 6.45) is 3.91. The highest BCUT2D eigenvalue weighted by atomic mass is 79.9.